The highest BCUT2D eigenvalue weighted by atomic mass is 35.5. The number of halogens is 1. The second kappa shape index (κ2) is 9.00. The summed E-state index contributed by atoms with van der Waals surface area (Å²) < 4.78 is 10.6. The smallest absolute Gasteiger partial charge is 0.300 e. The van der Waals surface area contributed by atoms with E-state index in [1.165, 1.54) is 19.1 Å². The molecule has 0 radical (unpaired) electrons. The number of hydrogen-bond acceptors (Lipinski definition) is 5. The monoisotopic (exact) mass is 463 g/mol. The lowest BCUT2D eigenvalue weighted by Crippen LogP contribution is -2.29. The zero-order valence-electron chi connectivity index (χ0n) is 18.3. The van der Waals surface area contributed by atoms with Crippen molar-refractivity contribution in [1.82, 2.24) is 0 Å². The van der Waals surface area contributed by atoms with E-state index in [0.717, 1.165) is 5.56 Å². The van der Waals surface area contributed by atoms with Crippen LogP contribution in [0.3, 0.4) is 0 Å². The average molecular weight is 464 g/mol. The molecule has 0 saturated carbocycles. The van der Waals surface area contributed by atoms with Crippen LogP contribution in [0.4, 0.5) is 5.69 Å². The number of ketones is 1. The number of aliphatic hydroxyl groups excluding tert-OH is 1. The van der Waals surface area contributed by atoms with Crippen LogP contribution >= 0.6 is 11.6 Å². The maximum atomic E-state index is 13.3. The van der Waals surface area contributed by atoms with Crippen molar-refractivity contribution in [1.29, 1.82) is 0 Å². The van der Waals surface area contributed by atoms with Crippen molar-refractivity contribution >= 4 is 34.7 Å². The van der Waals surface area contributed by atoms with Crippen LogP contribution in [0.15, 0.2) is 72.3 Å². The molecule has 1 aliphatic rings. The molecule has 1 aliphatic heterocycles. The van der Waals surface area contributed by atoms with Crippen molar-refractivity contribution in [2.24, 2.45) is 0 Å². The lowest BCUT2D eigenvalue weighted by Gasteiger charge is -2.26. The van der Waals surface area contributed by atoms with Crippen LogP contribution in [0.5, 0.6) is 11.5 Å². The molecule has 33 heavy (non-hydrogen) atoms. The molecule has 1 amide bonds. The zero-order valence-corrected chi connectivity index (χ0v) is 19.1. The second-order valence-electron chi connectivity index (χ2n) is 7.63. The van der Waals surface area contributed by atoms with Crippen LogP contribution in [-0.2, 0) is 9.59 Å². The fourth-order valence-electron chi connectivity index (χ4n) is 4.00. The third-order valence-corrected chi connectivity index (χ3v) is 5.82. The van der Waals surface area contributed by atoms with E-state index in [1.54, 1.807) is 42.5 Å². The Morgan fingerprint density at radius 1 is 0.970 bits per heavy atom. The highest BCUT2D eigenvalue weighted by Gasteiger charge is 2.47. The minimum atomic E-state index is -0.835. The standard InChI is InChI=1S/C26H22ClNO5/c1-15-5-4-6-16(13-15)23-22(24(29)20-12-11-19(32-2)14-21(20)33-3)25(30)26(31)28(23)18-9-7-17(27)8-10-18/h4-14,23,29H,1-3H3/b24-22-. The molecule has 1 fully saturated rings. The molecule has 0 aliphatic carbocycles. The van der Waals surface area contributed by atoms with E-state index in [-0.39, 0.29) is 16.9 Å². The molecule has 1 N–H and O–H groups in total. The number of carbonyl (C=O) groups is 2. The van der Waals surface area contributed by atoms with Crippen LogP contribution in [-0.4, -0.2) is 31.0 Å². The van der Waals surface area contributed by atoms with Gasteiger partial charge in [0.25, 0.3) is 11.7 Å². The number of nitrogens with zero attached hydrogens (tertiary/aromatic N) is 1. The normalized spacial score (nSPS) is 17.3. The van der Waals surface area contributed by atoms with Crippen molar-refractivity contribution in [2.75, 3.05) is 19.1 Å². The molecule has 0 aromatic heterocycles. The van der Waals surface area contributed by atoms with Crippen LogP contribution in [0.1, 0.15) is 22.7 Å². The number of Topliss-reactive ketones (excluding diaryl/α,β-unsaturated/α-hetero) is 1. The SMILES string of the molecule is COc1ccc(/C(O)=C2/C(=O)C(=O)N(c3ccc(Cl)cc3)C2c2cccc(C)c2)c(OC)c1. The van der Waals surface area contributed by atoms with E-state index in [2.05, 4.69) is 0 Å². The van der Waals surface area contributed by atoms with Crippen molar-refractivity contribution in [3.8, 4) is 11.5 Å². The van der Waals surface area contributed by atoms with Gasteiger partial charge in [0.2, 0.25) is 0 Å². The van der Waals surface area contributed by atoms with Gasteiger partial charge in [0.05, 0.1) is 31.4 Å². The molecule has 0 bridgehead atoms. The zero-order chi connectivity index (χ0) is 23.7. The van der Waals surface area contributed by atoms with Gasteiger partial charge in [0, 0.05) is 16.8 Å². The minimum Gasteiger partial charge on any atom is -0.507 e. The summed E-state index contributed by atoms with van der Waals surface area (Å²) >= 11 is 6.03. The fraction of sp³-hybridized carbons (Fsp3) is 0.154. The fourth-order valence-corrected chi connectivity index (χ4v) is 4.12. The number of amides is 1. The molecule has 168 valence electrons. The number of carbonyl (C=O) groups excluding carboxylic acids is 2. The highest BCUT2D eigenvalue weighted by Crippen LogP contribution is 2.44. The number of rotatable bonds is 5. The number of benzene rings is 3. The maximum absolute atomic E-state index is 13.3. The molecule has 1 saturated heterocycles. The van der Waals surface area contributed by atoms with Gasteiger partial charge in [-0.3, -0.25) is 14.5 Å². The van der Waals surface area contributed by atoms with E-state index in [0.29, 0.717) is 27.8 Å². The summed E-state index contributed by atoms with van der Waals surface area (Å²) in [6.07, 6.45) is 0. The Labute approximate surface area is 196 Å². The van der Waals surface area contributed by atoms with Crippen molar-refractivity contribution in [2.45, 2.75) is 13.0 Å². The Hall–Kier alpha value is -3.77. The summed E-state index contributed by atoms with van der Waals surface area (Å²) in [7, 11) is 2.97. The van der Waals surface area contributed by atoms with Crippen LogP contribution in [0, 0.1) is 6.92 Å². The van der Waals surface area contributed by atoms with Gasteiger partial charge in [-0.2, -0.15) is 0 Å². The molecule has 1 unspecified atom stereocenters. The first-order valence-electron chi connectivity index (χ1n) is 10.2. The number of anilines is 1. The summed E-state index contributed by atoms with van der Waals surface area (Å²) in [5.74, 6) is -1.01. The van der Waals surface area contributed by atoms with Gasteiger partial charge in [-0.15, -0.1) is 0 Å². The molecule has 7 heteroatoms. The van der Waals surface area contributed by atoms with Crippen molar-refractivity contribution in [3.05, 3.63) is 94.0 Å². The molecule has 6 nitrogen and oxygen atoms in total. The molecule has 0 spiro atoms. The lowest BCUT2D eigenvalue weighted by molar-refractivity contribution is -0.132. The maximum Gasteiger partial charge on any atom is 0.300 e. The van der Waals surface area contributed by atoms with Crippen LogP contribution in [0.2, 0.25) is 5.02 Å². The number of methoxy groups -OCH3 is 2. The van der Waals surface area contributed by atoms with Gasteiger partial charge >= 0.3 is 0 Å². The molecule has 3 aromatic carbocycles. The van der Waals surface area contributed by atoms with Crippen molar-refractivity contribution < 1.29 is 24.2 Å². The molecule has 3 aromatic rings. The van der Waals surface area contributed by atoms with Crippen molar-refractivity contribution in [3.63, 3.8) is 0 Å². The Morgan fingerprint density at radius 3 is 2.33 bits per heavy atom. The molecule has 1 heterocycles. The summed E-state index contributed by atoms with van der Waals surface area (Å²) in [5, 5.41) is 11.8. The lowest BCUT2D eigenvalue weighted by atomic mass is 9.94. The third-order valence-electron chi connectivity index (χ3n) is 5.57. The number of aliphatic hydroxyl groups is 1. The van der Waals surface area contributed by atoms with E-state index < -0.39 is 17.7 Å². The summed E-state index contributed by atoms with van der Waals surface area (Å²) in [6, 6.07) is 18.1. The van der Waals surface area contributed by atoms with Gasteiger partial charge in [0.15, 0.2) is 0 Å². The summed E-state index contributed by atoms with van der Waals surface area (Å²) in [6.45, 7) is 1.92. The van der Waals surface area contributed by atoms with Gasteiger partial charge in [-0.05, 0) is 48.9 Å². The molecular weight excluding hydrogens is 442 g/mol. The topological polar surface area (TPSA) is 76.1 Å². The number of hydrogen-bond donors (Lipinski definition) is 1. The Morgan fingerprint density at radius 2 is 1.70 bits per heavy atom. The summed E-state index contributed by atoms with van der Waals surface area (Å²) in [4.78, 5) is 27.9. The van der Waals surface area contributed by atoms with Crippen LogP contribution in [0.25, 0.3) is 5.76 Å². The van der Waals surface area contributed by atoms with Gasteiger partial charge in [-0.25, -0.2) is 0 Å². The van der Waals surface area contributed by atoms with Gasteiger partial charge < -0.3 is 14.6 Å². The van der Waals surface area contributed by atoms with E-state index in [4.69, 9.17) is 21.1 Å². The number of ether oxygens (including phenoxy) is 2. The average Bonchev–Trinajstić information content (AvgIpc) is 3.09. The van der Waals surface area contributed by atoms with Gasteiger partial charge in [-0.1, -0.05) is 41.4 Å². The molecule has 4 rings (SSSR count). The first kappa shape index (κ1) is 22.4. The van der Waals surface area contributed by atoms with E-state index >= 15 is 0 Å². The molecular formula is C26H22ClNO5. The largest absolute Gasteiger partial charge is 0.507 e. The minimum absolute atomic E-state index is 0.0241. The Kier molecular flexibility index (Phi) is 6.11. The third kappa shape index (κ3) is 4.05. The van der Waals surface area contributed by atoms with Gasteiger partial charge in [0.1, 0.15) is 17.3 Å². The quantitative estimate of drug-likeness (QED) is 0.316. The first-order valence-corrected chi connectivity index (χ1v) is 10.6. The number of aryl methyl sites for hydroxylation is 1. The second-order valence-corrected chi connectivity index (χ2v) is 8.06. The highest BCUT2D eigenvalue weighted by molar-refractivity contribution is 6.51. The molecule has 1 atom stereocenters. The van der Waals surface area contributed by atoms with E-state index in [9.17, 15) is 14.7 Å². The first-order chi connectivity index (χ1) is 15.8. The predicted octanol–water partition coefficient (Wildman–Crippen LogP) is 5.29. The Balaban J connectivity index is 1.97. The Bertz CT molecular complexity index is 1270. The van der Waals surface area contributed by atoms with E-state index in [1.807, 2.05) is 31.2 Å². The summed E-state index contributed by atoms with van der Waals surface area (Å²) in [5.41, 5.74) is 2.40. The predicted molar refractivity (Wildman–Crippen MR) is 127 cm³/mol. The van der Waals surface area contributed by atoms with Crippen LogP contribution < -0.4 is 14.4 Å².